The van der Waals surface area contributed by atoms with Crippen molar-refractivity contribution >= 4 is 44.6 Å². The lowest BCUT2D eigenvalue weighted by Crippen LogP contribution is -2.10. The number of esters is 1. The average Bonchev–Trinajstić information content (AvgIpc) is 2.96. The second-order valence-corrected chi connectivity index (χ2v) is 6.53. The van der Waals surface area contributed by atoms with Gasteiger partial charge in [-0.25, -0.2) is 9.37 Å². The van der Waals surface area contributed by atoms with E-state index in [2.05, 4.69) is 31.4 Å². The van der Waals surface area contributed by atoms with Crippen molar-refractivity contribution < 1.29 is 27.1 Å². The zero-order chi connectivity index (χ0) is 19.3. The van der Waals surface area contributed by atoms with Gasteiger partial charge in [0.2, 0.25) is 5.13 Å². The Morgan fingerprint density at radius 3 is 2.85 bits per heavy atom. The van der Waals surface area contributed by atoms with Crippen LogP contribution < -0.4 is 5.43 Å². The smallest absolute Gasteiger partial charge is 0.419 e. The number of anilines is 1. The number of hydrogen-bond acceptors (Lipinski definition) is 6. The summed E-state index contributed by atoms with van der Waals surface area (Å²) in [6, 6.07) is 1.74. The Kier molecular flexibility index (Phi) is 6.70. The predicted molar refractivity (Wildman–Crippen MR) is 92.8 cm³/mol. The molecule has 2 rings (SSSR count). The monoisotopic (exact) mass is 453 g/mol. The number of nitrogens with one attached hydrogen (secondary N) is 1. The van der Waals surface area contributed by atoms with Gasteiger partial charge in [0.25, 0.3) is 0 Å². The lowest BCUT2D eigenvalue weighted by atomic mass is 10.1. The highest BCUT2D eigenvalue weighted by molar-refractivity contribution is 9.10. The van der Waals surface area contributed by atoms with Gasteiger partial charge in [-0.15, -0.1) is 11.3 Å². The molecule has 2 aromatic rings. The molecule has 1 heterocycles. The molecule has 5 nitrogen and oxygen atoms in total. The fourth-order valence-corrected chi connectivity index (χ4v) is 2.93. The molecule has 0 fully saturated rings. The molecule has 0 atom stereocenters. The van der Waals surface area contributed by atoms with Gasteiger partial charge in [-0.2, -0.15) is 18.3 Å². The molecule has 1 aromatic carbocycles. The van der Waals surface area contributed by atoms with Gasteiger partial charge in [0.05, 0.1) is 30.5 Å². The molecule has 0 saturated heterocycles. The lowest BCUT2D eigenvalue weighted by Gasteiger charge is -2.10. The minimum absolute atomic E-state index is 0.0104. The Labute approximate surface area is 158 Å². The van der Waals surface area contributed by atoms with Crippen molar-refractivity contribution in [3.8, 4) is 0 Å². The lowest BCUT2D eigenvalue weighted by molar-refractivity contribution is -0.142. The zero-order valence-corrected chi connectivity index (χ0v) is 15.6. The maximum Gasteiger partial charge on any atom is 0.419 e. The van der Waals surface area contributed by atoms with Gasteiger partial charge >= 0.3 is 12.1 Å². The minimum Gasteiger partial charge on any atom is -0.466 e. The van der Waals surface area contributed by atoms with E-state index in [1.807, 2.05) is 0 Å². The van der Waals surface area contributed by atoms with E-state index in [1.165, 1.54) is 0 Å². The van der Waals surface area contributed by atoms with Gasteiger partial charge in [-0.05, 0) is 19.1 Å². The van der Waals surface area contributed by atoms with Gasteiger partial charge in [0.1, 0.15) is 5.82 Å². The summed E-state index contributed by atoms with van der Waals surface area (Å²) in [5.41, 5.74) is 1.21. The molecule has 11 heteroatoms. The van der Waals surface area contributed by atoms with Crippen molar-refractivity contribution in [2.75, 3.05) is 12.0 Å². The highest BCUT2D eigenvalue weighted by Crippen LogP contribution is 2.34. The van der Waals surface area contributed by atoms with Crippen molar-refractivity contribution in [1.29, 1.82) is 0 Å². The first-order chi connectivity index (χ1) is 12.2. The third-order valence-corrected chi connectivity index (χ3v) is 4.46. The number of rotatable bonds is 6. The van der Waals surface area contributed by atoms with E-state index in [4.69, 9.17) is 4.74 Å². The second-order valence-electron chi connectivity index (χ2n) is 4.82. The molecule has 0 aliphatic heterocycles. The third-order valence-electron chi connectivity index (χ3n) is 2.97. The third kappa shape index (κ3) is 5.24. The van der Waals surface area contributed by atoms with Crippen LogP contribution in [0, 0.1) is 5.82 Å². The van der Waals surface area contributed by atoms with E-state index >= 15 is 0 Å². The Morgan fingerprint density at radius 1 is 1.46 bits per heavy atom. The summed E-state index contributed by atoms with van der Waals surface area (Å²) in [5, 5.41) is 5.61. The molecule has 0 unspecified atom stereocenters. The summed E-state index contributed by atoms with van der Waals surface area (Å²) in [4.78, 5) is 15.4. The van der Waals surface area contributed by atoms with Crippen LogP contribution in [0.2, 0.25) is 0 Å². The van der Waals surface area contributed by atoms with Crippen molar-refractivity contribution in [2.45, 2.75) is 19.5 Å². The summed E-state index contributed by atoms with van der Waals surface area (Å²) in [6.45, 7) is 1.95. The number of carbonyl (C=O) groups excluding carboxylic acids is 1. The van der Waals surface area contributed by atoms with E-state index in [0.717, 1.165) is 23.6 Å². The van der Waals surface area contributed by atoms with Gasteiger partial charge in [0, 0.05) is 15.4 Å². The van der Waals surface area contributed by atoms with E-state index in [0.29, 0.717) is 16.9 Å². The van der Waals surface area contributed by atoms with Crippen LogP contribution in [-0.2, 0) is 22.1 Å². The summed E-state index contributed by atoms with van der Waals surface area (Å²) < 4.78 is 57.2. The highest BCUT2D eigenvalue weighted by Gasteiger charge is 2.35. The van der Waals surface area contributed by atoms with Crippen LogP contribution in [0.3, 0.4) is 0 Å². The number of benzene rings is 1. The number of hydrazone groups is 1. The first-order valence-electron chi connectivity index (χ1n) is 7.16. The highest BCUT2D eigenvalue weighted by atomic mass is 79.9. The molecule has 0 aliphatic carbocycles. The molecule has 140 valence electrons. The first kappa shape index (κ1) is 20.3. The number of hydrogen-bond donors (Lipinski definition) is 1. The van der Waals surface area contributed by atoms with Gasteiger partial charge in [-0.1, -0.05) is 15.9 Å². The van der Waals surface area contributed by atoms with Gasteiger partial charge < -0.3 is 4.74 Å². The fraction of sp³-hybridized carbons (Fsp3) is 0.267. The van der Waals surface area contributed by atoms with Crippen LogP contribution in [0.25, 0.3) is 0 Å². The van der Waals surface area contributed by atoms with Crippen LogP contribution in [0.1, 0.15) is 23.7 Å². The molecule has 0 aliphatic rings. The molecular formula is C15H12BrF4N3O2S. The number of aromatic nitrogens is 1. The van der Waals surface area contributed by atoms with Gasteiger partial charge in [-0.3, -0.25) is 10.2 Å². The predicted octanol–water partition coefficient (Wildman–Crippen LogP) is 4.62. The quantitative estimate of drug-likeness (QED) is 0.300. The maximum absolute atomic E-state index is 14.0. The van der Waals surface area contributed by atoms with Crippen LogP contribution in [0.5, 0.6) is 0 Å². The molecule has 1 aromatic heterocycles. The van der Waals surface area contributed by atoms with Crippen LogP contribution >= 0.6 is 27.3 Å². The summed E-state index contributed by atoms with van der Waals surface area (Å²) >= 11 is 4.12. The van der Waals surface area contributed by atoms with Crippen molar-refractivity contribution in [2.24, 2.45) is 5.10 Å². The summed E-state index contributed by atoms with van der Waals surface area (Å²) in [7, 11) is 0. The Hall–Kier alpha value is -2.01. The minimum atomic E-state index is -4.81. The standard InChI is InChI=1S/C15H12BrF4N3O2S/c1-2-25-12(24)5-8-7-26-14(22-8)23-21-6-9-11(16)4-3-10(13(9)17)15(18,19)20/h3-4,6-7H,2,5H2,1H3,(H,22,23). The summed E-state index contributed by atoms with van der Waals surface area (Å²) in [6.07, 6.45) is -3.90. The van der Waals surface area contributed by atoms with Crippen molar-refractivity contribution in [1.82, 2.24) is 4.98 Å². The van der Waals surface area contributed by atoms with Crippen molar-refractivity contribution in [3.05, 3.63) is 44.6 Å². The molecule has 0 spiro atoms. The number of halogens is 5. The first-order valence-corrected chi connectivity index (χ1v) is 8.84. The number of carbonyl (C=O) groups is 1. The number of thiazole rings is 1. The Bertz CT molecular complexity index is 824. The number of ether oxygens (including phenoxy) is 1. The maximum atomic E-state index is 14.0. The van der Waals surface area contributed by atoms with E-state index in [-0.39, 0.29) is 23.1 Å². The Morgan fingerprint density at radius 2 is 2.19 bits per heavy atom. The van der Waals surface area contributed by atoms with Crippen LogP contribution in [-0.4, -0.2) is 23.8 Å². The topological polar surface area (TPSA) is 63.6 Å². The van der Waals surface area contributed by atoms with Crippen LogP contribution in [0.4, 0.5) is 22.7 Å². The average molecular weight is 454 g/mol. The van der Waals surface area contributed by atoms with E-state index < -0.39 is 23.5 Å². The fourth-order valence-electron chi connectivity index (χ4n) is 1.86. The number of nitrogens with zero attached hydrogens (tertiary/aromatic N) is 2. The molecule has 0 saturated carbocycles. The molecule has 26 heavy (non-hydrogen) atoms. The molecular weight excluding hydrogens is 442 g/mol. The van der Waals surface area contributed by atoms with Gasteiger partial charge in [0.15, 0.2) is 0 Å². The summed E-state index contributed by atoms with van der Waals surface area (Å²) in [5.74, 6) is -1.86. The molecule has 0 bridgehead atoms. The second kappa shape index (κ2) is 8.58. The van der Waals surface area contributed by atoms with E-state index in [1.54, 1.807) is 12.3 Å². The normalized spacial score (nSPS) is 11.8. The number of alkyl halides is 3. The van der Waals surface area contributed by atoms with E-state index in [9.17, 15) is 22.4 Å². The zero-order valence-electron chi connectivity index (χ0n) is 13.2. The van der Waals surface area contributed by atoms with Crippen LogP contribution in [0.15, 0.2) is 27.1 Å². The molecule has 0 radical (unpaired) electrons. The largest absolute Gasteiger partial charge is 0.466 e. The SMILES string of the molecule is CCOC(=O)Cc1csc(NN=Cc2c(Br)ccc(C(F)(F)F)c2F)n1. The molecule has 1 N–H and O–H groups in total. The molecule has 0 amide bonds. The van der Waals surface area contributed by atoms with Crippen molar-refractivity contribution in [3.63, 3.8) is 0 Å². The Balaban J connectivity index is 2.10.